The van der Waals surface area contributed by atoms with Crippen LogP contribution in [0.4, 0.5) is 27.4 Å². The van der Waals surface area contributed by atoms with Crippen LogP contribution in [-0.4, -0.2) is 17.0 Å². The number of hydrogen-bond donors (Lipinski definition) is 2. The van der Waals surface area contributed by atoms with Crippen molar-refractivity contribution in [2.24, 2.45) is 5.84 Å². The van der Waals surface area contributed by atoms with Crippen LogP contribution < -0.4 is 16.2 Å². The van der Waals surface area contributed by atoms with Gasteiger partial charge in [-0.15, -0.1) is 0 Å². The van der Waals surface area contributed by atoms with Crippen LogP contribution in [0.25, 0.3) is 0 Å². The lowest BCUT2D eigenvalue weighted by Gasteiger charge is -2.19. The predicted molar refractivity (Wildman–Crippen MR) is 73.2 cm³/mol. The minimum absolute atomic E-state index is 0.00412. The maximum absolute atomic E-state index is 13.8. The van der Waals surface area contributed by atoms with Crippen LogP contribution >= 0.6 is 0 Å². The van der Waals surface area contributed by atoms with E-state index in [1.807, 2.05) is 0 Å². The Bertz CT molecular complexity index is 649. The highest BCUT2D eigenvalue weighted by Gasteiger charge is 2.22. The van der Waals surface area contributed by atoms with Crippen LogP contribution in [0.5, 0.6) is 0 Å². The molecule has 0 spiro atoms. The minimum Gasteiger partial charge on any atom is -0.321 e. The predicted octanol–water partition coefficient (Wildman–Crippen LogP) is 2.18. The number of nitrogens with zero attached hydrogens (tertiary/aromatic N) is 3. The smallest absolute Gasteiger partial charge is 0.312 e. The molecule has 0 saturated carbocycles. The molecule has 8 heteroatoms. The topological polar surface area (TPSA) is 97.3 Å². The summed E-state index contributed by atoms with van der Waals surface area (Å²) in [5.74, 6) is 4.98. The highest BCUT2D eigenvalue weighted by Crippen LogP contribution is 2.32. The Labute approximate surface area is 114 Å². The first-order valence-corrected chi connectivity index (χ1v) is 5.65. The van der Waals surface area contributed by atoms with Crippen LogP contribution in [0.1, 0.15) is 0 Å². The third kappa shape index (κ3) is 2.50. The molecule has 0 aliphatic carbocycles. The largest absolute Gasteiger partial charge is 0.321 e. The second-order valence-electron chi connectivity index (χ2n) is 3.95. The van der Waals surface area contributed by atoms with Crippen LogP contribution in [-0.2, 0) is 0 Å². The summed E-state index contributed by atoms with van der Waals surface area (Å²) in [4.78, 5) is 15.8. The van der Waals surface area contributed by atoms with Crippen LogP contribution in [0.3, 0.4) is 0 Å². The Morgan fingerprint density at radius 3 is 2.65 bits per heavy atom. The zero-order valence-corrected chi connectivity index (χ0v) is 10.6. The number of para-hydroxylation sites is 1. The zero-order valence-electron chi connectivity index (χ0n) is 10.6. The quantitative estimate of drug-likeness (QED) is 0.505. The molecule has 0 unspecified atom stereocenters. The number of hydrogen-bond acceptors (Lipinski definition) is 6. The van der Waals surface area contributed by atoms with Crippen molar-refractivity contribution in [3.63, 3.8) is 0 Å². The highest BCUT2D eigenvalue weighted by molar-refractivity contribution is 5.69. The van der Waals surface area contributed by atoms with E-state index < -0.39 is 10.7 Å². The van der Waals surface area contributed by atoms with Crippen molar-refractivity contribution < 1.29 is 9.31 Å². The van der Waals surface area contributed by atoms with Gasteiger partial charge in [-0.3, -0.25) is 10.1 Å². The molecule has 1 heterocycles. The van der Waals surface area contributed by atoms with Gasteiger partial charge in [0, 0.05) is 13.1 Å². The molecule has 2 aromatic rings. The summed E-state index contributed by atoms with van der Waals surface area (Å²) in [7, 11) is 1.49. The molecule has 0 aliphatic heterocycles. The van der Waals surface area contributed by atoms with Crippen molar-refractivity contribution >= 4 is 23.0 Å². The Balaban J connectivity index is 2.55. The molecule has 3 N–H and O–H groups in total. The van der Waals surface area contributed by atoms with E-state index in [1.54, 1.807) is 6.07 Å². The van der Waals surface area contributed by atoms with E-state index in [0.717, 1.165) is 0 Å². The van der Waals surface area contributed by atoms with Gasteiger partial charge >= 0.3 is 5.69 Å². The van der Waals surface area contributed by atoms with E-state index in [1.165, 1.54) is 42.3 Å². The second kappa shape index (κ2) is 5.49. The van der Waals surface area contributed by atoms with Crippen molar-refractivity contribution in [1.82, 2.24) is 4.98 Å². The van der Waals surface area contributed by atoms with E-state index >= 15 is 0 Å². The fraction of sp³-hybridized carbons (Fsp3) is 0.0833. The van der Waals surface area contributed by atoms with Crippen molar-refractivity contribution in [2.45, 2.75) is 0 Å². The van der Waals surface area contributed by atoms with Crippen molar-refractivity contribution in [3.8, 4) is 0 Å². The lowest BCUT2D eigenvalue weighted by atomic mass is 10.2. The van der Waals surface area contributed by atoms with Crippen LogP contribution in [0, 0.1) is 15.9 Å². The highest BCUT2D eigenvalue weighted by atomic mass is 19.1. The number of rotatable bonds is 4. The molecular formula is C12H12FN5O2. The fourth-order valence-electron chi connectivity index (χ4n) is 1.75. The number of nitro groups is 1. The van der Waals surface area contributed by atoms with E-state index in [2.05, 4.69) is 10.4 Å². The molecule has 0 fully saturated rings. The summed E-state index contributed by atoms with van der Waals surface area (Å²) in [6.45, 7) is 0. The van der Waals surface area contributed by atoms with Crippen LogP contribution in [0.2, 0.25) is 0 Å². The summed E-state index contributed by atoms with van der Waals surface area (Å²) in [5, 5.41) is 11.0. The van der Waals surface area contributed by atoms with E-state index in [9.17, 15) is 14.5 Å². The summed E-state index contributed by atoms with van der Waals surface area (Å²) in [6.07, 6.45) is 0. The molecule has 2 rings (SSSR count). The van der Waals surface area contributed by atoms with Crippen molar-refractivity contribution in [1.29, 1.82) is 0 Å². The van der Waals surface area contributed by atoms with Gasteiger partial charge in [0.05, 0.1) is 10.6 Å². The van der Waals surface area contributed by atoms with Gasteiger partial charge in [0.25, 0.3) is 0 Å². The molecule has 1 aromatic carbocycles. The summed E-state index contributed by atoms with van der Waals surface area (Å²) in [6, 6.07) is 8.57. The molecule has 104 valence electrons. The third-order valence-electron chi connectivity index (χ3n) is 2.73. The van der Waals surface area contributed by atoms with Gasteiger partial charge in [-0.2, -0.15) is 0 Å². The number of pyridine rings is 1. The Kier molecular flexibility index (Phi) is 3.76. The van der Waals surface area contributed by atoms with Gasteiger partial charge in [0.15, 0.2) is 0 Å². The van der Waals surface area contributed by atoms with Crippen molar-refractivity contribution in [2.75, 3.05) is 17.4 Å². The summed E-state index contributed by atoms with van der Waals surface area (Å²) < 4.78 is 13.8. The fourth-order valence-corrected chi connectivity index (χ4v) is 1.75. The molecule has 0 saturated heterocycles. The van der Waals surface area contributed by atoms with Crippen molar-refractivity contribution in [3.05, 3.63) is 52.3 Å². The SMILES string of the molecule is CN(c1ccccc1F)c1nc(NN)ccc1[N+](=O)[O-]. The van der Waals surface area contributed by atoms with Gasteiger partial charge < -0.3 is 10.3 Å². The average molecular weight is 277 g/mol. The number of nitrogens with two attached hydrogens (primary N) is 1. The number of halogens is 1. The molecule has 0 atom stereocenters. The molecule has 0 radical (unpaired) electrons. The van der Waals surface area contributed by atoms with Gasteiger partial charge in [0.1, 0.15) is 11.6 Å². The lowest BCUT2D eigenvalue weighted by Crippen LogP contribution is -2.17. The lowest BCUT2D eigenvalue weighted by molar-refractivity contribution is -0.384. The molecule has 20 heavy (non-hydrogen) atoms. The first kappa shape index (κ1) is 13.7. The molecule has 7 nitrogen and oxygen atoms in total. The molecular weight excluding hydrogens is 265 g/mol. The van der Waals surface area contributed by atoms with Gasteiger partial charge in [-0.1, -0.05) is 12.1 Å². The van der Waals surface area contributed by atoms with Gasteiger partial charge in [0.2, 0.25) is 5.82 Å². The first-order valence-electron chi connectivity index (χ1n) is 5.65. The number of nitrogens with one attached hydrogen (secondary N) is 1. The zero-order chi connectivity index (χ0) is 14.7. The maximum atomic E-state index is 13.8. The maximum Gasteiger partial charge on any atom is 0.312 e. The Morgan fingerprint density at radius 2 is 2.05 bits per heavy atom. The van der Waals surface area contributed by atoms with Gasteiger partial charge in [-0.25, -0.2) is 15.2 Å². The molecule has 0 amide bonds. The summed E-state index contributed by atoms with van der Waals surface area (Å²) >= 11 is 0. The number of benzene rings is 1. The van der Waals surface area contributed by atoms with Crippen LogP contribution in [0.15, 0.2) is 36.4 Å². The van der Waals surface area contributed by atoms with E-state index in [4.69, 9.17) is 5.84 Å². The summed E-state index contributed by atoms with van der Waals surface area (Å²) in [5.41, 5.74) is 2.24. The van der Waals surface area contributed by atoms with E-state index in [-0.39, 0.29) is 23.0 Å². The number of hydrazine groups is 1. The minimum atomic E-state index is -0.583. The van der Waals surface area contributed by atoms with E-state index in [0.29, 0.717) is 0 Å². The molecule has 1 aromatic heterocycles. The number of aromatic nitrogens is 1. The standard InChI is InChI=1S/C12H12FN5O2/c1-17(9-5-3-2-4-8(9)13)12-10(18(19)20)6-7-11(15-12)16-14/h2-7H,14H2,1H3,(H,15,16). The normalized spacial score (nSPS) is 10.2. The molecule has 0 aliphatic rings. The number of nitrogen functional groups attached to an aromatic ring is 1. The Hall–Kier alpha value is -2.74. The Morgan fingerprint density at radius 1 is 1.35 bits per heavy atom. The first-order chi connectivity index (χ1) is 9.54. The van der Waals surface area contributed by atoms with Gasteiger partial charge in [-0.05, 0) is 18.2 Å². The monoisotopic (exact) mass is 277 g/mol. The second-order valence-corrected chi connectivity index (χ2v) is 3.95. The number of anilines is 3. The molecule has 0 bridgehead atoms. The third-order valence-corrected chi connectivity index (χ3v) is 2.73. The average Bonchev–Trinajstić information content (AvgIpc) is 2.46.